The van der Waals surface area contributed by atoms with Crippen molar-refractivity contribution in [1.29, 1.82) is 0 Å². The van der Waals surface area contributed by atoms with Gasteiger partial charge in [-0.2, -0.15) is 0 Å². The van der Waals surface area contributed by atoms with Crippen LogP contribution in [0.25, 0.3) is 11.0 Å². The summed E-state index contributed by atoms with van der Waals surface area (Å²) in [4.78, 5) is 11.3. The summed E-state index contributed by atoms with van der Waals surface area (Å²) in [5.74, 6) is 2.47. The van der Waals surface area contributed by atoms with Crippen LogP contribution in [0.2, 0.25) is 0 Å². The predicted molar refractivity (Wildman–Crippen MR) is 50.4 cm³/mol. The van der Waals surface area contributed by atoms with Crippen LogP contribution in [0, 0.1) is 12.3 Å². The van der Waals surface area contributed by atoms with E-state index in [1.54, 1.807) is 18.2 Å². The molecule has 2 aromatic rings. The molecule has 0 unspecified atom stereocenters. The van der Waals surface area contributed by atoms with Gasteiger partial charge in [0.05, 0.1) is 11.6 Å². The summed E-state index contributed by atoms with van der Waals surface area (Å²) < 4.78 is 5.12. The maximum atomic E-state index is 11.3. The molecule has 0 atom stereocenters. The van der Waals surface area contributed by atoms with E-state index in [4.69, 9.17) is 10.8 Å². The van der Waals surface area contributed by atoms with Gasteiger partial charge in [0.1, 0.15) is 5.58 Å². The molecule has 2 heteroatoms. The Balaban J connectivity index is 2.92. The lowest BCUT2D eigenvalue weighted by atomic mass is 10.1. The maximum absolute atomic E-state index is 11.3. The molecule has 0 saturated carbocycles. The zero-order chi connectivity index (χ0) is 9.26. The van der Waals surface area contributed by atoms with E-state index in [0.717, 1.165) is 0 Å². The number of terminal acetylenes is 1. The fraction of sp³-hybridized carbons (Fsp3) is 0. The fourth-order valence-electron chi connectivity index (χ4n) is 1.17. The van der Waals surface area contributed by atoms with Gasteiger partial charge in [-0.1, -0.05) is 5.92 Å². The molecule has 0 fully saturated rings. The van der Waals surface area contributed by atoms with E-state index in [9.17, 15) is 4.79 Å². The van der Waals surface area contributed by atoms with E-state index in [-0.39, 0.29) is 5.43 Å². The molecule has 0 bridgehead atoms. The predicted octanol–water partition coefficient (Wildman–Crippen LogP) is 1.77. The van der Waals surface area contributed by atoms with Gasteiger partial charge < -0.3 is 4.42 Å². The number of rotatable bonds is 0. The highest BCUT2D eigenvalue weighted by Crippen LogP contribution is 2.10. The number of hydrogen-bond donors (Lipinski definition) is 0. The molecule has 62 valence electrons. The molecule has 0 aliphatic heterocycles. The van der Waals surface area contributed by atoms with Gasteiger partial charge in [-0.25, -0.2) is 0 Å². The second-order valence-corrected chi connectivity index (χ2v) is 2.64. The smallest absolute Gasteiger partial charge is 0.192 e. The molecule has 2 rings (SSSR count). The Morgan fingerprint density at radius 2 is 2.15 bits per heavy atom. The van der Waals surface area contributed by atoms with Crippen molar-refractivity contribution in [2.75, 3.05) is 0 Å². The lowest BCUT2D eigenvalue weighted by Crippen LogP contribution is -1.97. The Labute approximate surface area is 74.8 Å². The third-order valence-corrected chi connectivity index (χ3v) is 1.83. The van der Waals surface area contributed by atoms with E-state index in [2.05, 4.69) is 5.92 Å². The van der Waals surface area contributed by atoms with Gasteiger partial charge in [0, 0.05) is 11.6 Å². The molecule has 1 heterocycles. The molecule has 2 nitrogen and oxygen atoms in total. The Morgan fingerprint density at radius 1 is 1.31 bits per heavy atom. The first-order valence-electron chi connectivity index (χ1n) is 3.79. The van der Waals surface area contributed by atoms with Crippen molar-refractivity contribution < 1.29 is 4.42 Å². The first-order valence-corrected chi connectivity index (χ1v) is 3.79. The molecule has 0 N–H and O–H groups in total. The highest BCUT2D eigenvalue weighted by Gasteiger charge is 1.99. The number of hydrogen-bond acceptors (Lipinski definition) is 2. The topological polar surface area (TPSA) is 30.2 Å². The van der Waals surface area contributed by atoms with Gasteiger partial charge in [-0.3, -0.25) is 4.79 Å². The summed E-state index contributed by atoms with van der Waals surface area (Å²) in [6, 6.07) is 6.47. The average molecular weight is 170 g/mol. The standard InChI is InChI=1S/C11H6O2/c1-2-8-3-4-11-9(7-8)10(12)5-6-13-11/h1,3-7H. The average Bonchev–Trinajstić information content (AvgIpc) is 2.18. The van der Waals surface area contributed by atoms with Crippen LogP contribution in [0.15, 0.2) is 39.7 Å². The van der Waals surface area contributed by atoms with Gasteiger partial charge in [-0.15, -0.1) is 6.42 Å². The summed E-state index contributed by atoms with van der Waals surface area (Å²) in [6.45, 7) is 0. The zero-order valence-corrected chi connectivity index (χ0v) is 6.78. The Bertz CT molecular complexity index is 544. The molecular formula is C11H6O2. The lowest BCUT2D eigenvalue weighted by molar-refractivity contribution is 0.602. The molecule has 1 aromatic heterocycles. The zero-order valence-electron chi connectivity index (χ0n) is 6.78. The highest BCUT2D eigenvalue weighted by atomic mass is 16.3. The summed E-state index contributed by atoms with van der Waals surface area (Å²) >= 11 is 0. The van der Waals surface area contributed by atoms with Gasteiger partial charge in [-0.05, 0) is 18.2 Å². The van der Waals surface area contributed by atoms with E-state index in [0.29, 0.717) is 16.5 Å². The Kier molecular flexibility index (Phi) is 1.64. The first-order chi connectivity index (χ1) is 6.31. The van der Waals surface area contributed by atoms with Crippen LogP contribution in [0.5, 0.6) is 0 Å². The molecule has 0 radical (unpaired) electrons. The number of fused-ring (bicyclic) bond motifs is 1. The van der Waals surface area contributed by atoms with E-state index in [1.807, 2.05) is 0 Å². The second kappa shape index (κ2) is 2.80. The van der Waals surface area contributed by atoms with E-state index in [1.165, 1.54) is 12.3 Å². The van der Waals surface area contributed by atoms with Crippen molar-refractivity contribution in [3.05, 3.63) is 46.3 Å². The Hall–Kier alpha value is -2.01. The third kappa shape index (κ3) is 1.21. The van der Waals surface area contributed by atoms with Crippen LogP contribution in [0.4, 0.5) is 0 Å². The maximum Gasteiger partial charge on any atom is 0.192 e. The van der Waals surface area contributed by atoms with Crippen molar-refractivity contribution in [3.63, 3.8) is 0 Å². The van der Waals surface area contributed by atoms with Gasteiger partial charge in [0.25, 0.3) is 0 Å². The van der Waals surface area contributed by atoms with Crippen molar-refractivity contribution in [2.24, 2.45) is 0 Å². The Morgan fingerprint density at radius 3 is 2.92 bits per heavy atom. The second-order valence-electron chi connectivity index (χ2n) is 2.64. The van der Waals surface area contributed by atoms with Crippen molar-refractivity contribution in [1.82, 2.24) is 0 Å². The monoisotopic (exact) mass is 170 g/mol. The molecule has 13 heavy (non-hydrogen) atoms. The van der Waals surface area contributed by atoms with Crippen LogP contribution in [-0.2, 0) is 0 Å². The first kappa shape index (κ1) is 7.63. The minimum Gasteiger partial charge on any atom is -0.464 e. The molecular weight excluding hydrogens is 164 g/mol. The highest BCUT2D eigenvalue weighted by molar-refractivity contribution is 5.77. The lowest BCUT2D eigenvalue weighted by Gasteiger charge is -1.95. The van der Waals surface area contributed by atoms with Crippen LogP contribution >= 0.6 is 0 Å². The van der Waals surface area contributed by atoms with E-state index < -0.39 is 0 Å². The molecule has 0 aliphatic rings. The normalized spacial score (nSPS) is 9.77. The summed E-state index contributed by atoms with van der Waals surface area (Å²) in [6.07, 6.45) is 6.58. The minimum atomic E-state index is -0.0710. The summed E-state index contributed by atoms with van der Waals surface area (Å²) in [5, 5.41) is 0.526. The van der Waals surface area contributed by atoms with Crippen LogP contribution < -0.4 is 5.43 Å². The van der Waals surface area contributed by atoms with E-state index >= 15 is 0 Å². The third-order valence-electron chi connectivity index (χ3n) is 1.83. The van der Waals surface area contributed by atoms with Gasteiger partial charge in [0.2, 0.25) is 0 Å². The summed E-state index contributed by atoms with van der Waals surface area (Å²) in [7, 11) is 0. The van der Waals surface area contributed by atoms with Gasteiger partial charge in [0.15, 0.2) is 5.43 Å². The molecule has 0 amide bonds. The van der Waals surface area contributed by atoms with Gasteiger partial charge >= 0.3 is 0 Å². The van der Waals surface area contributed by atoms with Crippen LogP contribution in [0.1, 0.15) is 5.56 Å². The quantitative estimate of drug-likeness (QED) is 0.564. The van der Waals surface area contributed by atoms with Crippen molar-refractivity contribution in [3.8, 4) is 12.3 Å². The molecule has 0 spiro atoms. The van der Waals surface area contributed by atoms with Crippen molar-refractivity contribution in [2.45, 2.75) is 0 Å². The summed E-state index contributed by atoms with van der Waals surface area (Å²) in [5.41, 5.74) is 1.18. The fourth-order valence-corrected chi connectivity index (χ4v) is 1.17. The minimum absolute atomic E-state index is 0.0710. The SMILES string of the molecule is C#Cc1ccc2occc(=O)c2c1. The number of benzene rings is 1. The van der Waals surface area contributed by atoms with Crippen LogP contribution in [-0.4, -0.2) is 0 Å². The molecule has 0 aliphatic carbocycles. The molecule has 0 saturated heterocycles. The van der Waals surface area contributed by atoms with Crippen molar-refractivity contribution >= 4 is 11.0 Å². The largest absolute Gasteiger partial charge is 0.464 e. The molecule has 1 aromatic carbocycles. The van der Waals surface area contributed by atoms with Crippen LogP contribution in [0.3, 0.4) is 0 Å².